The largest absolute Gasteiger partial charge is 0.491 e. The number of halogens is 1. The molecule has 1 aromatic heterocycles. The van der Waals surface area contributed by atoms with E-state index in [1.165, 1.54) is 29.5 Å². The van der Waals surface area contributed by atoms with Gasteiger partial charge in [-0.2, -0.15) is 0 Å². The number of anilines is 1. The second-order valence-electron chi connectivity index (χ2n) is 4.61. The van der Waals surface area contributed by atoms with Crippen LogP contribution in [0.4, 0.5) is 14.3 Å². The van der Waals surface area contributed by atoms with Crippen LogP contribution < -0.4 is 15.4 Å². The lowest BCUT2D eigenvalue weighted by Crippen LogP contribution is -2.37. The molecule has 2 amide bonds. The van der Waals surface area contributed by atoms with Gasteiger partial charge in [0.25, 0.3) is 0 Å². The average Bonchev–Trinajstić information content (AvgIpc) is 2.98. The van der Waals surface area contributed by atoms with Gasteiger partial charge in [-0.1, -0.05) is 24.3 Å². The number of aromatic nitrogens is 2. The Balaban J connectivity index is 1.69. The van der Waals surface area contributed by atoms with Gasteiger partial charge in [-0.3, -0.25) is 5.32 Å². The first-order chi connectivity index (χ1) is 11.1. The molecule has 0 aliphatic rings. The Hall–Kier alpha value is -2.26. The second kappa shape index (κ2) is 8.39. The Morgan fingerprint density at radius 3 is 3.00 bits per heavy atom. The van der Waals surface area contributed by atoms with Crippen molar-refractivity contribution in [1.29, 1.82) is 0 Å². The van der Waals surface area contributed by atoms with Gasteiger partial charge in [-0.25, -0.2) is 9.18 Å². The van der Waals surface area contributed by atoms with E-state index in [-0.39, 0.29) is 13.2 Å². The van der Waals surface area contributed by atoms with Crippen molar-refractivity contribution >= 4 is 22.5 Å². The number of rotatable bonds is 7. The van der Waals surface area contributed by atoms with Crippen molar-refractivity contribution in [2.24, 2.45) is 0 Å². The summed E-state index contributed by atoms with van der Waals surface area (Å²) < 4.78 is 18.2. The van der Waals surface area contributed by atoms with E-state index in [0.717, 1.165) is 11.4 Å². The fourth-order valence-electron chi connectivity index (χ4n) is 1.61. The van der Waals surface area contributed by atoms with Crippen LogP contribution in [0.1, 0.15) is 11.9 Å². The molecule has 1 heterocycles. The number of aryl methyl sites for hydroxylation is 1. The van der Waals surface area contributed by atoms with Gasteiger partial charge in [0.2, 0.25) is 5.13 Å². The molecule has 7 nitrogen and oxygen atoms in total. The number of aliphatic hydroxyl groups is 1. The molecule has 1 unspecified atom stereocenters. The summed E-state index contributed by atoms with van der Waals surface area (Å²) in [6.07, 6.45) is -0.179. The van der Waals surface area contributed by atoms with Crippen molar-refractivity contribution in [2.75, 3.05) is 18.5 Å². The normalized spacial score (nSPS) is 11.8. The fourth-order valence-corrected chi connectivity index (χ4v) is 2.28. The van der Waals surface area contributed by atoms with Crippen molar-refractivity contribution in [2.45, 2.75) is 19.4 Å². The van der Waals surface area contributed by atoms with Gasteiger partial charge >= 0.3 is 6.03 Å². The highest BCUT2D eigenvalue weighted by atomic mass is 32.1. The number of aliphatic hydroxyl groups excluding tert-OH is 1. The summed E-state index contributed by atoms with van der Waals surface area (Å²) in [5, 5.41) is 23.7. The monoisotopic (exact) mass is 340 g/mol. The molecule has 23 heavy (non-hydrogen) atoms. The quantitative estimate of drug-likeness (QED) is 0.714. The van der Waals surface area contributed by atoms with E-state index in [9.17, 15) is 14.3 Å². The fraction of sp³-hybridized carbons (Fsp3) is 0.357. The predicted octanol–water partition coefficient (Wildman–Crippen LogP) is 1.80. The summed E-state index contributed by atoms with van der Waals surface area (Å²) in [6, 6.07) is 5.11. The number of benzene rings is 1. The zero-order chi connectivity index (χ0) is 16.7. The van der Waals surface area contributed by atoms with E-state index in [1.54, 1.807) is 6.07 Å². The first kappa shape index (κ1) is 17.1. The van der Waals surface area contributed by atoms with E-state index in [1.807, 2.05) is 6.92 Å². The second-order valence-corrected chi connectivity index (χ2v) is 5.67. The van der Waals surface area contributed by atoms with E-state index in [4.69, 9.17) is 4.74 Å². The van der Waals surface area contributed by atoms with Gasteiger partial charge in [0.1, 0.15) is 29.3 Å². The van der Waals surface area contributed by atoms with Crippen LogP contribution in [0.15, 0.2) is 24.3 Å². The van der Waals surface area contributed by atoms with Gasteiger partial charge in [-0.05, 0) is 18.6 Å². The van der Waals surface area contributed by atoms with E-state index in [0.29, 0.717) is 10.9 Å². The Kier molecular flexibility index (Phi) is 6.24. The topological polar surface area (TPSA) is 96.4 Å². The lowest BCUT2D eigenvalue weighted by atomic mass is 10.3. The Morgan fingerprint density at radius 1 is 1.48 bits per heavy atom. The molecule has 0 aliphatic carbocycles. The number of hydrogen-bond donors (Lipinski definition) is 3. The minimum Gasteiger partial charge on any atom is -0.491 e. The summed E-state index contributed by atoms with van der Waals surface area (Å²) in [4.78, 5) is 11.6. The van der Waals surface area contributed by atoms with Gasteiger partial charge in [0.15, 0.2) is 0 Å². The first-order valence-corrected chi connectivity index (χ1v) is 7.82. The highest BCUT2D eigenvalue weighted by molar-refractivity contribution is 7.15. The summed E-state index contributed by atoms with van der Waals surface area (Å²) >= 11 is 1.29. The molecular formula is C14H17FN4O3S. The number of nitrogens with zero attached hydrogens (tertiary/aromatic N) is 2. The van der Waals surface area contributed by atoms with Gasteiger partial charge in [-0.15, -0.1) is 10.2 Å². The molecule has 0 bridgehead atoms. The molecule has 0 saturated carbocycles. The molecule has 0 spiro atoms. The summed E-state index contributed by atoms with van der Waals surface area (Å²) in [6.45, 7) is 1.86. The predicted molar refractivity (Wildman–Crippen MR) is 84.2 cm³/mol. The number of amides is 2. The summed E-state index contributed by atoms with van der Waals surface area (Å²) in [5.74, 6) is -0.104. The molecular weight excluding hydrogens is 323 g/mol. The third kappa shape index (κ3) is 5.80. The SMILES string of the molecule is CCc1nnc(NC(=O)NCC(O)COc2cccc(F)c2)s1. The molecule has 0 fully saturated rings. The Bertz CT molecular complexity index is 652. The van der Waals surface area contributed by atoms with E-state index >= 15 is 0 Å². The molecule has 2 aromatic rings. The Morgan fingerprint density at radius 2 is 2.30 bits per heavy atom. The van der Waals surface area contributed by atoms with Crippen molar-refractivity contribution < 1.29 is 19.0 Å². The molecule has 3 N–H and O–H groups in total. The zero-order valence-corrected chi connectivity index (χ0v) is 13.3. The average molecular weight is 340 g/mol. The minimum absolute atomic E-state index is 0.0133. The Labute approximate surface area is 136 Å². The van der Waals surface area contributed by atoms with Crippen LogP contribution in [0.2, 0.25) is 0 Å². The number of carbonyl (C=O) groups is 1. The smallest absolute Gasteiger partial charge is 0.321 e. The highest BCUT2D eigenvalue weighted by Crippen LogP contribution is 2.15. The van der Waals surface area contributed by atoms with Crippen molar-refractivity contribution in [3.8, 4) is 5.75 Å². The van der Waals surface area contributed by atoms with Crippen molar-refractivity contribution in [1.82, 2.24) is 15.5 Å². The van der Waals surface area contributed by atoms with Gasteiger partial charge < -0.3 is 15.2 Å². The third-order valence-electron chi connectivity index (χ3n) is 2.73. The van der Waals surface area contributed by atoms with Gasteiger partial charge in [0, 0.05) is 12.6 Å². The number of carbonyl (C=O) groups excluding carboxylic acids is 1. The highest BCUT2D eigenvalue weighted by Gasteiger charge is 2.10. The van der Waals surface area contributed by atoms with Crippen LogP contribution in [-0.4, -0.2) is 40.6 Å². The maximum absolute atomic E-state index is 13.0. The van der Waals surface area contributed by atoms with Gasteiger partial charge in [0.05, 0.1) is 0 Å². The minimum atomic E-state index is -0.926. The number of hydrogen-bond acceptors (Lipinski definition) is 6. The molecule has 0 radical (unpaired) electrons. The van der Waals surface area contributed by atoms with E-state index in [2.05, 4.69) is 20.8 Å². The van der Waals surface area contributed by atoms with Crippen LogP contribution in [0.25, 0.3) is 0 Å². The first-order valence-electron chi connectivity index (χ1n) is 7.00. The maximum atomic E-state index is 13.0. The lowest BCUT2D eigenvalue weighted by molar-refractivity contribution is 0.108. The third-order valence-corrected chi connectivity index (χ3v) is 3.71. The standard InChI is InChI=1S/C14H17FN4O3S/c1-2-12-18-19-14(23-12)17-13(21)16-7-10(20)8-22-11-5-3-4-9(15)6-11/h3-6,10,20H,2,7-8H2,1H3,(H2,16,17,19,21). The maximum Gasteiger partial charge on any atom is 0.321 e. The van der Waals surface area contributed by atoms with E-state index < -0.39 is 18.0 Å². The van der Waals surface area contributed by atoms with Crippen LogP contribution in [0.3, 0.4) is 0 Å². The number of urea groups is 1. The molecule has 124 valence electrons. The molecule has 2 rings (SSSR count). The molecule has 0 saturated heterocycles. The van der Waals surface area contributed by atoms with Crippen LogP contribution in [-0.2, 0) is 6.42 Å². The molecule has 1 atom stereocenters. The summed E-state index contributed by atoms with van der Waals surface area (Å²) in [7, 11) is 0. The lowest BCUT2D eigenvalue weighted by Gasteiger charge is -2.13. The van der Waals surface area contributed by atoms with Crippen LogP contribution in [0.5, 0.6) is 5.75 Å². The number of nitrogens with one attached hydrogen (secondary N) is 2. The summed E-state index contributed by atoms with van der Waals surface area (Å²) in [5.41, 5.74) is 0. The van der Waals surface area contributed by atoms with Crippen molar-refractivity contribution in [3.63, 3.8) is 0 Å². The molecule has 9 heteroatoms. The molecule has 1 aromatic carbocycles. The molecule has 0 aliphatic heterocycles. The zero-order valence-electron chi connectivity index (χ0n) is 12.5. The van der Waals surface area contributed by atoms with Crippen LogP contribution in [0, 0.1) is 5.82 Å². The van der Waals surface area contributed by atoms with Crippen molar-refractivity contribution in [3.05, 3.63) is 35.1 Å². The van der Waals surface area contributed by atoms with Crippen LogP contribution >= 0.6 is 11.3 Å². The number of ether oxygens (including phenoxy) is 1.